The van der Waals surface area contributed by atoms with Gasteiger partial charge in [-0.25, -0.2) is 0 Å². The third-order valence-corrected chi connectivity index (χ3v) is 1.90. The number of halogens is 1. The maximum Gasteiger partial charge on any atom is 0.272 e. The van der Waals surface area contributed by atoms with E-state index in [1.54, 1.807) is 0 Å². The zero-order valence-electron chi connectivity index (χ0n) is 7.72. The Morgan fingerprint density at radius 2 is 2.08 bits per heavy atom. The van der Waals surface area contributed by atoms with Crippen molar-refractivity contribution in [2.45, 2.75) is 26.2 Å². The Balaban J connectivity index is 3.22. The number of aromatic nitrogens is 1. The Morgan fingerprint density at radius 1 is 1.54 bits per heavy atom. The first-order valence-electron chi connectivity index (χ1n) is 3.79. The maximum atomic E-state index is 10.8. The molecule has 5 heteroatoms. The molecule has 0 unspecified atom stereocenters. The van der Waals surface area contributed by atoms with E-state index in [0.29, 0.717) is 5.76 Å². The first-order chi connectivity index (χ1) is 5.84. The SMILES string of the molecule is CC(C)(C)c1onc(C(N)=O)c1Cl. The number of rotatable bonds is 1. The van der Waals surface area contributed by atoms with Crippen LogP contribution < -0.4 is 5.73 Å². The number of primary amides is 1. The number of nitrogens with two attached hydrogens (primary N) is 1. The van der Waals surface area contributed by atoms with E-state index in [1.807, 2.05) is 20.8 Å². The third kappa shape index (κ3) is 1.83. The van der Waals surface area contributed by atoms with Crippen LogP contribution in [0.25, 0.3) is 0 Å². The van der Waals surface area contributed by atoms with Gasteiger partial charge in [-0.2, -0.15) is 0 Å². The minimum atomic E-state index is -0.677. The minimum absolute atomic E-state index is 0.00779. The summed E-state index contributed by atoms with van der Waals surface area (Å²) in [4.78, 5) is 10.8. The molecular weight excluding hydrogens is 192 g/mol. The van der Waals surface area contributed by atoms with Gasteiger partial charge in [-0.05, 0) is 0 Å². The van der Waals surface area contributed by atoms with Crippen LogP contribution in [0.3, 0.4) is 0 Å². The summed E-state index contributed by atoms with van der Waals surface area (Å²) in [6, 6.07) is 0. The van der Waals surface area contributed by atoms with E-state index < -0.39 is 5.91 Å². The van der Waals surface area contributed by atoms with Crippen molar-refractivity contribution < 1.29 is 9.32 Å². The summed E-state index contributed by atoms with van der Waals surface area (Å²) < 4.78 is 4.94. The summed E-state index contributed by atoms with van der Waals surface area (Å²) in [6.07, 6.45) is 0. The first kappa shape index (κ1) is 10.1. The largest absolute Gasteiger partial charge is 0.364 e. The second-order valence-electron chi connectivity index (χ2n) is 3.79. The summed E-state index contributed by atoms with van der Waals surface area (Å²) in [5.74, 6) is -0.202. The summed E-state index contributed by atoms with van der Waals surface area (Å²) in [7, 11) is 0. The van der Waals surface area contributed by atoms with Crippen LogP contribution in [-0.2, 0) is 5.41 Å². The van der Waals surface area contributed by atoms with Crippen molar-refractivity contribution in [2.24, 2.45) is 5.73 Å². The number of hydrogen-bond donors (Lipinski definition) is 1. The first-order valence-corrected chi connectivity index (χ1v) is 4.17. The van der Waals surface area contributed by atoms with Gasteiger partial charge in [-0.1, -0.05) is 37.5 Å². The molecule has 2 N–H and O–H groups in total. The number of carbonyl (C=O) groups is 1. The van der Waals surface area contributed by atoms with Gasteiger partial charge in [-0.3, -0.25) is 4.79 Å². The van der Waals surface area contributed by atoms with E-state index in [2.05, 4.69) is 5.16 Å². The molecule has 0 atom stereocenters. The maximum absolute atomic E-state index is 10.8. The second-order valence-corrected chi connectivity index (χ2v) is 4.17. The van der Waals surface area contributed by atoms with Crippen LogP contribution in [0, 0.1) is 0 Å². The molecule has 72 valence electrons. The standard InChI is InChI=1S/C8H11ClN2O2/c1-8(2,3)6-4(9)5(7(10)12)11-13-6/h1-3H3,(H2,10,12). The van der Waals surface area contributed by atoms with Crippen LogP contribution in [0.2, 0.25) is 5.02 Å². The lowest BCUT2D eigenvalue weighted by Gasteiger charge is -2.13. The molecular formula is C8H11ClN2O2. The Labute approximate surface area is 81.0 Å². The van der Waals surface area contributed by atoms with Gasteiger partial charge < -0.3 is 10.3 Å². The fourth-order valence-electron chi connectivity index (χ4n) is 0.898. The van der Waals surface area contributed by atoms with Crippen molar-refractivity contribution in [3.8, 4) is 0 Å². The fourth-order valence-corrected chi connectivity index (χ4v) is 1.34. The van der Waals surface area contributed by atoms with Crippen molar-refractivity contribution in [3.63, 3.8) is 0 Å². The molecule has 0 fully saturated rings. The molecule has 0 spiro atoms. The van der Waals surface area contributed by atoms with Crippen molar-refractivity contribution in [3.05, 3.63) is 16.5 Å². The summed E-state index contributed by atoms with van der Waals surface area (Å²) in [5, 5.41) is 3.71. The van der Waals surface area contributed by atoms with Crippen LogP contribution >= 0.6 is 11.6 Å². The molecule has 1 aromatic heterocycles. The lowest BCUT2D eigenvalue weighted by Crippen LogP contribution is -2.13. The predicted octanol–water partition coefficient (Wildman–Crippen LogP) is 1.72. The fraction of sp³-hybridized carbons (Fsp3) is 0.500. The Morgan fingerprint density at radius 3 is 2.31 bits per heavy atom. The molecule has 0 bridgehead atoms. The van der Waals surface area contributed by atoms with Crippen LogP contribution in [0.5, 0.6) is 0 Å². The van der Waals surface area contributed by atoms with Crippen molar-refractivity contribution in [1.29, 1.82) is 0 Å². The normalized spacial score (nSPS) is 11.7. The summed E-state index contributed by atoms with van der Waals surface area (Å²) in [6.45, 7) is 5.72. The molecule has 4 nitrogen and oxygen atoms in total. The zero-order chi connectivity index (χ0) is 10.2. The zero-order valence-corrected chi connectivity index (χ0v) is 8.47. The van der Waals surface area contributed by atoms with Gasteiger partial charge in [0.2, 0.25) is 0 Å². The molecule has 0 aliphatic carbocycles. The molecule has 1 amide bonds. The molecule has 1 aromatic rings. The minimum Gasteiger partial charge on any atom is -0.364 e. The van der Waals surface area contributed by atoms with Crippen molar-refractivity contribution in [1.82, 2.24) is 5.16 Å². The molecule has 0 aromatic carbocycles. The highest BCUT2D eigenvalue weighted by molar-refractivity contribution is 6.34. The van der Waals surface area contributed by atoms with E-state index in [1.165, 1.54) is 0 Å². The number of hydrogen-bond acceptors (Lipinski definition) is 3. The summed E-state index contributed by atoms with van der Waals surface area (Å²) >= 11 is 5.85. The highest BCUT2D eigenvalue weighted by atomic mass is 35.5. The number of nitrogens with zero attached hydrogens (tertiary/aromatic N) is 1. The number of amides is 1. The van der Waals surface area contributed by atoms with E-state index in [9.17, 15) is 4.79 Å². The highest BCUT2D eigenvalue weighted by Gasteiger charge is 2.27. The van der Waals surface area contributed by atoms with Gasteiger partial charge in [-0.15, -0.1) is 0 Å². The van der Waals surface area contributed by atoms with Crippen LogP contribution in [0.15, 0.2) is 4.52 Å². The quantitative estimate of drug-likeness (QED) is 0.754. The van der Waals surface area contributed by atoms with Crippen molar-refractivity contribution >= 4 is 17.5 Å². The smallest absolute Gasteiger partial charge is 0.272 e. The summed E-state index contributed by atoms with van der Waals surface area (Å²) in [5.41, 5.74) is 4.74. The Bertz CT molecular complexity index is 338. The van der Waals surface area contributed by atoms with Gasteiger partial charge in [0.15, 0.2) is 11.5 Å². The molecule has 1 heterocycles. The monoisotopic (exact) mass is 202 g/mol. The van der Waals surface area contributed by atoms with Gasteiger partial charge in [0.05, 0.1) is 0 Å². The van der Waals surface area contributed by atoms with Gasteiger partial charge in [0, 0.05) is 5.41 Å². The molecule has 0 aliphatic rings. The van der Waals surface area contributed by atoms with Crippen molar-refractivity contribution in [2.75, 3.05) is 0 Å². The lowest BCUT2D eigenvalue weighted by molar-refractivity contribution is 0.0991. The van der Waals surface area contributed by atoms with Crippen LogP contribution in [0.4, 0.5) is 0 Å². The molecule has 13 heavy (non-hydrogen) atoms. The second kappa shape index (κ2) is 3.03. The van der Waals surface area contributed by atoms with Crippen LogP contribution in [0.1, 0.15) is 37.0 Å². The van der Waals surface area contributed by atoms with Gasteiger partial charge in [0.1, 0.15) is 5.02 Å². The molecule has 0 aliphatic heterocycles. The number of carbonyl (C=O) groups excluding carboxylic acids is 1. The third-order valence-electron chi connectivity index (χ3n) is 1.55. The molecule has 0 saturated carbocycles. The highest BCUT2D eigenvalue weighted by Crippen LogP contribution is 2.31. The van der Waals surface area contributed by atoms with E-state index in [0.717, 1.165) is 0 Å². The average Bonchev–Trinajstić information content (AvgIpc) is 2.28. The molecule has 0 radical (unpaired) electrons. The lowest BCUT2D eigenvalue weighted by atomic mass is 9.93. The van der Waals surface area contributed by atoms with Gasteiger partial charge >= 0.3 is 0 Å². The topological polar surface area (TPSA) is 69.1 Å². The van der Waals surface area contributed by atoms with Gasteiger partial charge in [0.25, 0.3) is 5.91 Å². The predicted molar refractivity (Wildman–Crippen MR) is 48.7 cm³/mol. The molecule has 1 rings (SSSR count). The van der Waals surface area contributed by atoms with Crippen LogP contribution in [-0.4, -0.2) is 11.1 Å². The van der Waals surface area contributed by atoms with E-state index >= 15 is 0 Å². The Hall–Kier alpha value is -1.03. The molecule has 0 saturated heterocycles. The average molecular weight is 203 g/mol. The Kier molecular flexibility index (Phi) is 2.34. The van der Waals surface area contributed by atoms with E-state index in [-0.39, 0.29) is 16.1 Å². The van der Waals surface area contributed by atoms with E-state index in [4.69, 9.17) is 21.9 Å².